The zero-order valence-corrected chi connectivity index (χ0v) is 20.5. The fourth-order valence-electron chi connectivity index (χ4n) is 3.94. The van der Waals surface area contributed by atoms with E-state index >= 15 is 0 Å². The van der Waals surface area contributed by atoms with Crippen LogP contribution in [0.1, 0.15) is 5.56 Å². The van der Waals surface area contributed by atoms with Gasteiger partial charge in [-0.05, 0) is 54.1 Å². The van der Waals surface area contributed by atoms with Crippen molar-refractivity contribution in [1.29, 1.82) is 0 Å². The second kappa shape index (κ2) is 10.2. The molecule has 0 aliphatic carbocycles. The molecule has 4 rings (SSSR count). The molecule has 0 spiro atoms. The minimum absolute atomic E-state index is 0. The molecule has 0 aliphatic rings. The Morgan fingerprint density at radius 3 is 1.23 bits per heavy atom. The largest absolute Gasteiger partial charge is 1.00 e. The number of rotatable bonds is 6. The van der Waals surface area contributed by atoms with E-state index in [1.165, 1.54) is 27.2 Å². The predicted molar refractivity (Wildman–Crippen MR) is 130 cm³/mol. The predicted octanol–water partition coefficient (Wildman–Crippen LogP) is 2.25. The lowest BCUT2D eigenvalue weighted by Gasteiger charge is -2.28. The van der Waals surface area contributed by atoms with Gasteiger partial charge < -0.3 is 28.9 Å². The summed E-state index contributed by atoms with van der Waals surface area (Å²) < 4.78 is 0. The van der Waals surface area contributed by atoms with Gasteiger partial charge in [0.25, 0.3) is 0 Å². The molecule has 0 fully saturated rings. The molecular formula is C27H27INP. The van der Waals surface area contributed by atoms with Gasteiger partial charge in [-0.3, -0.25) is 0 Å². The Labute approximate surface area is 198 Å². The summed E-state index contributed by atoms with van der Waals surface area (Å²) >= 11 is 0. The molecule has 4 aromatic carbocycles. The summed E-state index contributed by atoms with van der Waals surface area (Å²) in [6.45, 7) is 0. The summed E-state index contributed by atoms with van der Waals surface area (Å²) in [5.41, 5.74) is 2.61. The van der Waals surface area contributed by atoms with E-state index in [1.54, 1.807) is 0 Å². The number of hydrogen-bond donors (Lipinski definition) is 0. The zero-order valence-electron chi connectivity index (χ0n) is 17.4. The van der Waals surface area contributed by atoms with Crippen molar-refractivity contribution in [3.8, 4) is 0 Å². The summed E-state index contributed by atoms with van der Waals surface area (Å²) in [6, 6.07) is 42.2. The Bertz CT molecular complexity index is 936. The number of halogens is 1. The summed E-state index contributed by atoms with van der Waals surface area (Å²) in [7, 11) is 2.35. The lowest BCUT2D eigenvalue weighted by atomic mass is 10.2. The van der Waals surface area contributed by atoms with E-state index in [4.69, 9.17) is 0 Å². The first-order valence-corrected chi connectivity index (χ1v) is 12.0. The van der Waals surface area contributed by atoms with Gasteiger partial charge in [0.2, 0.25) is 0 Å². The normalized spacial score (nSPS) is 10.9. The van der Waals surface area contributed by atoms with Crippen LogP contribution in [-0.4, -0.2) is 14.1 Å². The van der Waals surface area contributed by atoms with E-state index in [2.05, 4.69) is 134 Å². The highest BCUT2D eigenvalue weighted by molar-refractivity contribution is 7.95. The minimum Gasteiger partial charge on any atom is -1.00 e. The monoisotopic (exact) mass is 523 g/mol. The topological polar surface area (TPSA) is 3.24 Å². The average molecular weight is 523 g/mol. The van der Waals surface area contributed by atoms with E-state index in [0.717, 1.165) is 6.16 Å². The lowest BCUT2D eigenvalue weighted by Crippen LogP contribution is -3.00. The van der Waals surface area contributed by atoms with Crippen molar-refractivity contribution in [2.24, 2.45) is 0 Å². The van der Waals surface area contributed by atoms with Gasteiger partial charge in [-0.25, -0.2) is 0 Å². The fourth-order valence-corrected chi connectivity index (χ4v) is 8.19. The number of nitrogens with zero attached hydrogens (tertiary/aromatic N) is 1. The van der Waals surface area contributed by atoms with Crippen molar-refractivity contribution in [2.75, 3.05) is 19.0 Å². The molecule has 0 heterocycles. The van der Waals surface area contributed by atoms with Crippen molar-refractivity contribution in [2.45, 2.75) is 6.16 Å². The Morgan fingerprint density at radius 1 is 0.533 bits per heavy atom. The molecule has 0 amide bonds. The fraction of sp³-hybridized carbons (Fsp3) is 0.111. The van der Waals surface area contributed by atoms with E-state index in [-0.39, 0.29) is 24.0 Å². The molecule has 0 radical (unpaired) electrons. The van der Waals surface area contributed by atoms with Crippen LogP contribution in [0, 0.1) is 0 Å². The summed E-state index contributed by atoms with van der Waals surface area (Å²) in [5, 5.41) is 4.28. The maximum atomic E-state index is 2.31. The lowest BCUT2D eigenvalue weighted by molar-refractivity contribution is -0.00000573. The van der Waals surface area contributed by atoms with E-state index in [9.17, 15) is 0 Å². The minimum atomic E-state index is -1.83. The third-order valence-corrected chi connectivity index (χ3v) is 9.84. The highest BCUT2D eigenvalue weighted by Gasteiger charge is 2.45. The molecule has 1 nitrogen and oxygen atoms in total. The van der Waals surface area contributed by atoms with Crippen LogP contribution in [-0.2, 0) is 6.16 Å². The molecule has 0 saturated carbocycles. The van der Waals surface area contributed by atoms with Crippen LogP contribution in [0.2, 0.25) is 0 Å². The standard InChI is InChI=1S/C27H27NP.HI/c1-28(2)24-20-18-23(19-21-24)22-29(25-12-6-3-7-13-25,26-14-8-4-9-15-26)27-16-10-5-11-17-27;/h3-21H,22H2,1-2H3;1H/q+1;/p-1. The van der Waals surface area contributed by atoms with Crippen molar-refractivity contribution in [3.63, 3.8) is 0 Å². The van der Waals surface area contributed by atoms with Crippen LogP contribution in [0.4, 0.5) is 5.69 Å². The van der Waals surface area contributed by atoms with Gasteiger partial charge in [0.15, 0.2) is 0 Å². The molecule has 4 aromatic rings. The van der Waals surface area contributed by atoms with Gasteiger partial charge in [-0.1, -0.05) is 66.7 Å². The molecule has 0 aromatic heterocycles. The summed E-state index contributed by atoms with van der Waals surface area (Å²) in [5.74, 6) is 0. The van der Waals surface area contributed by atoms with Gasteiger partial charge in [0.1, 0.15) is 23.2 Å². The molecule has 3 heteroatoms. The molecule has 0 N–H and O–H groups in total. The van der Waals surface area contributed by atoms with Gasteiger partial charge in [0, 0.05) is 19.8 Å². The molecule has 0 unspecified atom stereocenters. The van der Waals surface area contributed by atoms with Crippen LogP contribution in [0.5, 0.6) is 0 Å². The SMILES string of the molecule is CN(C)c1ccc(C[P+](c2ccccc2)(c2ccccc2)c2ccccc2)cc1.[I-]. The number of hydrogen-bond acceptors (Lipinski definition) is 1. The van der Waals surface area contributed by atoms with Gasteiger partial charge >= 0.3 is 0 Å². The second-order valence-corrected chi connectivity index (χ2v) is 11.0. The van der Waals surface area contributed by atoms with Crippen molar-refractivity contribution < 1.29 is 24.0 Å². The first-order chi connectivity index (χ1) is 14.2. The van der Waals surface area contributed by atoms with Crippen LogP contribution in [0.15, 0.2) is 115 Å². The Balaban J connectivity index is 0.00000256. The third kappa shape index (κ3) is 4.61. The molecular weight excluding hydrogens is 496 g/mol. The molecule has 0 aliphatic heterocycles. The first kappa shape index (κ1) is 22.5. The molecule has 0 atom stereocenters. The summed E-state index contributed by atoms with van der Waals surface area (Å²) in [6.07, 6.45) is 1.01. The van der Waals surface area contributed by atoms with Crippen LogP contribution < -0.4 is 44.8 Å². The smallest absolute Gasteiger partial charge is 0.116 e. The van der Waals surface area contributed by atoms with Gasteiger partial charge in [0.05, 0.1) is 6.16 Å². The maximum absolute atomic E-state index is 2.31. The molecule has 30 heavy (non-hydrogen) atoms. The zero-order chi connectivity index (χ0) is 20.1. The maximum Gasteiger partial charge on any atom is 0.116 e. The van der Waals surface area contributed by atoms with E-state index in [1.807, 2.05) is 0 Å². The Hall–Kier alpha value is -2.16. The number of benzene rings is 4. The molecule has 152 valence electrons. The van der Waals surface area contributed by atoms with Gasteiger partial charge in [-0.15, -0.1) is 0 Å². The third-order valence-electron chi connectivity index (χ3n) is 5.46. The van der Waals surface area contributed by atoms with Crippen molar-refractivity contribution in [1.82, 2.24) is 0 Å². The van der Waals surface area contributed by atoms with Crippen LogP contribution >= 0.6 is 7.26 Å². The van der Waals surface area contributed by atoms with Crippen LogP contribution in [0.25, 0.3) is 0 Å². The molecule has 0 saturated heterocycles. The van der Waals surface area contributed by atoms with Gasteiger partial charge in [-0.2, -0.15) is 0 Å². The average Bonchev–Trinajstić information content (AvgIpc) is 2.79. The molecule has 0 bridgehead atoms. The van der Waals surface area contributed by atoms with Crippen LogP contribution in [0.3, 0.4) is 0 Å². The number of anilines is 1. The first-order valence-electron chi connectivity index (χ1n) is 10.0. The highest BCUT2D eigenvalue weighted by Crippen LogP contribution is 2.58. The van der Waals surface area contributed by atoms with Crippen molar-refractivity contribution in [3.05, 3.63) is 121 Å². The second-order valence-electron chi connectivity index (χ2n) is 7.54. The Morgan fingerprint density at radius 2 is 0.900 bits per heavy atom. The van der Waals surface area contributed by atoms with E-state index < -0.39 is 7.26 Å². The van der Waals surface area contributed by atoms with Crippen molar-refractivity contribution >= 4 is 28.9 Å². The summed E-state index contributed by atoms with van der Waals surface area (Å²) in [4.78, 5) is 2.15. The van der Waals surface area contributed by atoms with E-state index in [0.29, 0.717) is 0 Å². The Kier molecular flexibility index (Phi) is 7.69. The quantitative estimate of drug-likeness (QED) is 0.277. The highest BCUT2D eigenvalue weighted by atomic mass is 127.